The van der Waals surface area contributed by atoms with Crippen LogP contribution in [0.2, 0.25) is 0 Å². The van der Waals surface area contributed by atoms with Crippen LogP contribution >= 0.6 is 0 Å². The third kappa shape index (κ3) is 7.25. The normalized spacial score (nSPS) is 26.3. The quantitative estimate of drug-likeness (QED) is 0.418. The number of halogens is 6. The average Bonchev–Trinajstić information content (AvgIpc) is 3.18. The van der Waals surface area contributed by atoms with Gasteiger partial charge >= 0.3 is 12.5 Å². The van der Waals surface area contributed by atoms with E-state index in [1.807, 2.05) is 0 Å². The Morgan fingerprint density at radius 2 is 1.65 bits per heavy atom. The summed E-state index contributed by atoms with van der Waals surface area (Å²) in [5, 5.41) is 2.55. The van der Waals surface area contributed by atoms with E-state index in [4.69, 9.17) is 18.9 Å². The van der Waals surface area contributed by atoms with Crippen LogP contribution in [0.5, 0.6) is 5.75 Å². The molecule has 4 rings (SSSR count). The minimum Gasteiger partial charge on any atom is -0.406 e. The van der Waals surface area contributed by atoms with E-state index in [1.54, 1.807) is 19.9 Å². The summed E-state index contributed by atoms with van der Waals surface area (Å²) in [7, 11) is 1.40. The van der Waals surface area contributed by atoms with Crippen molar-refractivity contribution in [3.63, 3.8) is 0 Å². The molecule has 1 heterocycles. The molecule has 2 aromatic rings. The van der Waals surface area contributed by atoms with Crippen LogP contribution < -0.4 is 10.1 Å². The molecule has 1 aliphatic heterocycles. The molecule has 1 amide bonds. The Labute approximate surface area is 226 Å². The second-order valence-electron chi connectivity index (χ2n) is 10.2. The van der Waals surface area contributed by atoms with Crippen molar-refractivity contribution in [3.8, 4) is 5.75 Å². The van der Waals surface area contributed by atoms with E-state index in [-0.39, 0.29) is 31.6 Å². The third-order valence-corrected chi connectivity index (χ3v) is 6.66. The smallest absolute Gasteiger partial charge is 0.406 e. The van der Waals surface area contributed by atoms with E-state index in [0.29, 0.717) is 5.56 Å². The lowest BCUT2D eigenvalue weighted by molar-refractivity contribution is -0.274. The minimum atomic E-state index is -4.86. The maximum absolute atomic E-state index is 13.2. The molecule has 220 valence electrons. The van der Waals surface area contributed by atoms with E-state index < -0.39 is 59.5 Å². The van der Waals surface area contributed by atoms with Crippen molar-refractivity contribution in [2.24, 2.45) is 0 Å². The highest BCUT2D eigenvalue weighted by molar-refractivity contribution is 5.85. The molecule has 1 aliphatic carbocycles. The molecule has 2 aromatic carbocycles. The molecule has 1 N–H and O–H groups in total. The van der Waals surface area contributed by atoms with Gasteiger partial charge < -0.3 is 29.0 Å². The van der Waals surface area contributed by atoms with Gasteiger partial charge in [0.1, 0.15) is 11.9 Å². The monoisotopic (exact) mass is 577 g/mol. The molecular weight excluding hydrogens is 548 g/mol. The van der Waals surface area contributed by atoms with Gasteiger partial charge in [-0.3, -0.25) is 4.79 Å². The maximum Gasteiger partial charge on any atom is 0.573 e. The summed E-state index contributed by atoms with van der Waals surface area (Å²) >= 11 is 0. The number of hydrogen-bond acceptors (Lipinski definition) is 6. The average molecular weight is 578 g/mol. The first-order chi connectivity index (χ1) is 18.6. The van der Waals surface area contributed by atoms with Gasteiger partial charge in [0.25, 0.3) is 5.91 Å². The number of rotatable bonds is 8. The molecule has 0 aromatic heterocycles. The number of likely N-dealkylation sites (N-methyl/N-ethyl adjacent to an activating group) is 1. The summed E-state index contributed by atoms with van der Waals surface area (Å²) in [6.07, 6.45) is -11.5. The lowest BCUT2D eigenvalue weighted by atomic mass is 9.78. The van der Waals surface area contributed by atoms with Crippen molar-refractivity contribution >= 4 is 5.91 Å². The lowest BCUT2D eigenvalue weighted by Crippen LogP contribution is -2.59. The van der Waals surface area contributed by atoms with Crippen LogP contribution in [0, 0.1) is 0 Å². The fraction of sp³-hybridized carbons (Fsp3) is 0.519. The highest BCUT2D eigenvalue weighted by Crippen LogP contribution is 2.44. The number of nitrogens with one attached hydrogen (secondary N) is 1. The molecule has 4 atom stereocenters. The van der Waals surface area contributed by atoms with E-state index in [2.05, 4.69) is 10.1 Å². The van der Waals surface area contributed by atoms with E-state index in [1.165, 1.54) is 31.3 Å². The molecule has 1 saturated carbocycles. The van der Waals surface area contributed by atoms with E-state index in [9.17, 15) is 31.1 Å². The van der Waals surface area contributed by atoms with Crippen LogP contribution in [0.15, 0.2) is 48.5 Å². The lowest BCUT2D eigenvalue weighted by Gasteiger charge is -2.43. The Morgan fingerprint density at radius 3 is 2.30 bits per heavy atom. The van der Waals surface area contributed by atoms with Crippen molar-refractivity contribution in [1.29, 1.82) is 0 Å². The number of ether oxygens (including phenoxy) is 5. The maximum atomic E-state index is 13.2. The molecule has 7 nitrogen and oxygen atoms in total. The SMILES string of the molecule is CNC(=O)[C@@]1(OCc2cccc(C(F)(F)F)c2)C[C@@H](OCc2cccc(OC(F)(F)F)c2)[C@@H]2OC(C)(C)O[C@@H]2C1. The predicted octanol–water partition coefficient (Wildman–Crippen LogP) is 5.50. The second-order valence-corrected chi connectivity index (χ2v) is 10.2. The highest BCUT2D eigenvalue weighted by Gasteiger charge is 2.58. The second kappa shape index (κ2) is 11.2. The number of benzene rings is 2. The molecule has 0 radical (unpaired) electrons. The zero-order valence-corrected chi connectivity index (χ0v) is 21.9. The molecular formula is C27H29F6NO6. The van der Waals surface area contributed by atoms with Crippen LogP contribution in [0.4, 0.5) is 26.3 Å². The Balaban J connectivity index is 1.56. The molecule has 0 bridgehead atoms. The van der Waals surface area contributed by atoms with Crippen LogP contribution in [0.25, 0.3) is 0 Å². The van der Waals surface area contributed by atoms with Crippen LogP contribution in [-0.2, 0) is 43.1 Å². The molecule has 2 aliphatic rings. The Bertz CT molecular complexity index is 1200. The van der Waals surface area contributed by atoms with Gasteiger partial charge in [-0.1, -0.05) is 24.3 Å². The summed E-state index contributed by atoms with van der Waals surface area (Å²) in [6.45, 7) is 2.92. The first-order valence-corrected chi connectivity index (χ1v) is 12.4. The van der Waals surface area contributed by atoms with Gasteiger partial charge in [-0.25, -0.2) is 0 Å². The summed E-state index contributed by atoms with van der Waals surface area (Å²) in [4.78, 5) is 13.2. The standard InChI is InChI=1S/C27H29F6NO6/c1-24(2)39-21-13-25(23(35)34-3,37-15-16-6-4-8-18(10-16)26(28,29)30)12-20(22(21)40-24)36-14-17-7-5-9-19(11-17)38-27(31,32)33/h4-11,20-22H,12-15H2,1-3H3,(H,34,35)/t20-,21-,22+,25-/m1/s1. The zero-order valence-electron chi connectivity index (χ0n) is 21.9. The number of hydrogen-bond donors (Lipinski definition) is 1. The van der Waals surface area contributed by atoms with Crippen LogP contribution in [-0.4, -0.2) is 49.0 Å². The van der Waals surface area contributed by atoms with Crippen molar-refractivity contribution in [1.82, 2.24) is 5.32 Å². The van der Waals surface area contributed by atoms with Crippen molar-refractivity contribution in [3.05, 3.63) is 65.2 Å². The Morgan fingerprint density at radius 1 is 0.975 bits per heavy atom. The van der Waals surface area contributed by atoms with E-state index in [0.717, 1.165) is 18.2 Å². The number of alkyl halides is 6. The van der Waals surface area contributed by atoms with Gasteiger partial charge in [0.05, 0.1) is 31.0 Å². The van der Waals surface area contributed by atoms with E-state index >= 15 is 0 Å². The largest absolute Gasteiger partial charge is 0.573 e. The number of carbonyl (C=O) groups is 1. The summed E-state index contributed by atoms with van der Waals surface area (Å²) < 4.78 is 106. The van der Waals surface area contributed by atoms with Gasteiger partial charge in [-0.15, -0.1) is 13.2 Å². The number of fused-ring (bicyclic) bond motifs is 1. The molecule has 40 heavy (non-hydrogen) atoms. The summed E-state index contributed by atoms with van der Waals surface area (Å²) in [5.41, 5.74) is -1.82. The fourth-order valence-electron chi connectivity index (χ4n) is 5.03. The fourth-order valence-corrected chi connectivity index (χ4v) is 5.03. The first-order valence-electron chi connectivity index (χ1n) is 12.4. The molecule has 13 heteroatoms. The summed E-state index contributed by atoms with van der Waals surface area (Å²) in [6, 6.07) is 9.87. The molecule has 0 unspecified atom stereocenters. The third-order valence-electron chi connectivity index (χ3n) is 6.66. The van der Waals surface area contributed by atoms with Crippen molar-refractivity contribution in [2.75, 3.05) is 7.05 Å². The molecule has 0 spiro atoms. The van der Waals surface area contributed by atoms with Gasteiger partial charge in [0.2, 0.25) is 0 Å². The van der Waals surface area contributed by atoms with Crippen molar-refractivity contribution < 1.29 is 54.8 Å². The zero-order chi connectivity index (χ0) is 29.3. The van der Waals surface area contributed by atoms with Crippen LogP contribution in [0.3, 0.4) is 0 Å². The van der Waals surface area contributed by atoms with Gasteiger partial charge in [-0.2, -0.15) is 13.2 Å². The number of carbonyl (C=O) groups excluding carboxylic acids is 1. The van der Waals surface area contributed by atoms with Crippen molar-refractivity contribution in [2.45, 2.75) is 82.1 Å². The first kappa shape index (κ1) is 30.1. The summed E-state index contributed by atoms with van der Waals surface area (Å²) in [5.74, 6) is -1.97. The molecule has 2 fully saturated rings. The minimum absolute atomic E-state index is 0.0362. The van der Waals surface area contributed by atoms with Gasteiger partial charge in [-0.05, 0) is 49.2 Å². The Kier molecular flexibility index (Phi) is 8.42. The van der Waals surface area contributed by atoms with Gasteiger partial charge in [0.15, 0.2) is 11.4 Å². The molecule has 1 saturated heterocycles. The number of amides is 1. The van der Waals surface area contributed by atoms with Gasteiger partial charge in [0, 0.05) is 19.9 Å². The highest BCUT2D eigenvalue weighted by atomic mass is 19.4. The topological polar surface area (TPSA) is 75.3 Å². The predicted molar refractivity (Wildman–Crippen MR) is 128 cm³/mol. The van der Waals surface area contributed by atoms with Crippen LogP contribution in [0.1, 0.15) is 43.4 Å². The Hall–Kier alpha value is -2.87.